The number of hydrogen-bond acceptors (Lipinski definition) is 4. The summed E-state index contributed by atoms with van der Waals surface area (Å²) in [5.41, 5.74) is -0.0373. The van der Waals surface area contributed by atoms with Gasteiger partial charge in [0.1, 0.15) is 5.82 Å². The van der Waals surface area contributed by atoms with Gasteiger partial charge in [0.25, 0.3) is 0 Å². The fraction of sp³-hybridized carbons (Fsp3) is 0.455. The first-order chi connectivity index (χ1) is 8.58. The largest absolute Gasteiger partial charge is 0.476 e. The Kier molecular flexibility index (Phi) is 3.40. The second kappa shape index (κ2) is 4.99. The molecule has 0 aliphatic heterocycles. The van der Waals surface area contributed by atoms with E-state index in [0.717, 1.165) is 5.82 Å². The third-order valence-corrected chi connectivity index (χ3v) is 2.59. The highest BCUT2D eigenvalue weighted by molar-refractivity contribution is 5.84. The van der Waals surface area contributed by atoms with Crippen LogP contribution >= 0.6 is 0 Å². The first kappa shape index (κ1) is 12.3. The number of carboxylic acids is 1. The number of hydrogen-bond donors (Lipinski definition) is 1. The monoisotopic (exact) mass is 249 g/mol. The summed E-state index contributed by atoms with van der Waals surface area (Å²) in [5, 5.41) is 16.1. The summed E-state index contributed by atoms with van der Waals surface area (Å²) in [6.07, 6.45) is 5.10. The fourth-order valence-electron chi connectivity index (χ4n) is 1.73. The number of imidazole rings is 1. The summed E-state index contributed by atoms with van der Waals surface area (Å²) in [4.78, 5) is 14.9. The number of aromatic nitrogens is 5. The van der Waals surface area contributed by atoms with Crippen LogP contribution in [0.15, 0.2) is 18.6 Å². The molecule has 0 aromatic carbocycles. The predicted molar refractivity (Wildman–Crippen MR) is 63.3 cm³/mol. The Morgan fingerprint density at radius 3 is 2.83 bits per heavy atom. The first-order valence-corrected chi connectivity index (χ1v) is 5.72. The third kappa shape index (κ3) is 2.55. The molecule has 0 aliphatic rings. The van der Waals surface area contributed by atoms with Crippen molar-refractivity contribution < 1.29 is 9.90 Å². The van der Waals surface area contributed by atoms with E-state index in [9.17, 15) is 4.79 Å². The molecule has 2 aromatic rings. The molecular formula is C11H15N5O2. The molecule has 18 heavy (non-hydrogen) atoms. The van der Waals surface area contributed by atoms with E-state index < -0.39 is 5.97 Å². The Morgan fingerprint density at radius 1 is 1.44 bits per heavy atom. The van der Waals surface area contributed by atoms with E-state index in [4.69, 9.17) is 5.11 Å². The van der Waals surface area contributed by atoms with Gasteiger partial charge in [0.05, 0.1) is 12.7 Å². The smallest absolute Gasteiger partial charge is 0.358 e. The van der Waals surface area contributed by atoms with Gasteiger partial charge in [-0.15, -0.1) is 5.10 Å². The maximum atomic E-state index is 10.7. The van der Waals surface area contributed by atoms with E-state index in [2.05, 4.69) is 29.1 Å². The minimum Gasteiger partial charge on any atom is -0.476 e. The van der Waals surface area contributed by atoms with Gasteiger partial charge in [0, 0.05) is 24.9 Å². The number of nitrogens with zero attached hydrogens (tertiary/aromatic N) is 5. The number of carbonyl (C=O) groups is 1. The zero-order valence-electron chi connectivity index (χ0n) is 10.3. The molecule has 0 aliphatic carbocycles. The molecule has 0 radical (unpaired) electrons. The molecule has 2 rings (SSSR count). The Labute approximate surface area is 104 Å². The van der Waals surface area contributed by atoms with Crippen molar-refractivity contribution in [2.24, 2.45) is 0 Å². The molecule has 7 heteroatoms. The average Bonchev–Trinajstić information content (AvgIpc) is 2.95. The topological polar surface area (TPSA) is 85.8 Å². The number of aromatic carboxylic acids is 1. The van der Waals surface area contributed by atoms with Gasteiger partial charge in [0.2, 0.25) is 0 Å². The molecular weight excluding hydrogens is 234 g/mol. The number of aryl methyl sites for hydroxylation is 2. The van der Waals surface area contributed by atoms with Gasteiger partial charge < -0.3 is 9.67 Å². The van der Waals surface area contributed by atoms with Crippen LogP contribution in [0.4, 0.5) is 0 Å². The maximum Gasteiger partial charge on any atom is 0.358 e. The average molecular weight is 249 g/mol. The van der Waals surface area contributed by atoms with Crippen molar-refractivity contribution in [3.05, 3.63) is 30.1 Å². The van der Waals surface area contributed by atoms with E-state index in [1.165, 1.54) is 10.9 Å². The minimum atomic E-state index is -1.06. The first-order valence-electron chi connectivity index (χ1n) is 5.72. The van der Waals surface area contributed by atoms with Crippen LogP contribution in [0.3, 0.4) is 0 Å². The van der Waals surface area contributed by atoms with Crippen LogP contribution in [-0.4, -0.2) is 35.6 Å². The summed E-state index contributed by atoms with van der Waals surface area (Å²) >= 11 is 0. The lowest BCUT2D eigenvalue weighted by Gasteiger charge is -2.09. The van der Waals surface area contributed by atoms with Gasteiger partial charge >= 0.3 is 5.97 Å². The van der Waals surface area contributed by atoms with Gasteiger partial charge in [0.15, 0.2) is 5.69 Å². The molecule has 0 unspecified atom stereocenters. The second-order valence-corrected chi connectivity index (χ2v) is 4.31. The van der Waals surface area contributed by atoms with Gasteiger partial charge in [-0.05, 0) is 0 Å². The summed E-state index contributed by atoms with van der Waals surface area (Å²) in [6, 6.07) is 0. The van der Waals surface area contributed by atoms with E-state index in [0.29, 0.717) is 19.0 Å². The van der Waals surface area contributed by atoms with E-state index in [1.807, 2.05) is 10.8 Å². The highest BCUT2D eigenvalue weighted by Gasteiger charge is 2.09. The molecule has 0 spiro atoms. The van der Waals surface area contributed by atoms with Gasteiger partial charge in [-0.1, -0.05) is 19.1 Å². The molecule has 0 saturated carbocycles. The third-order valence-electron chi connectivity index (χ3n) is 2.59. The SMILES string of the molecule is CC(C)c1nccn1CCn1cc(C(=O)O)nn1. The maximum absolute atomic E-state index is 10.7. The van der Waals surface area contributed by atoms with Gasteiger partial charge in [-0.25, -0.2) is 14.5 Å². The number of rotatable bonds is 5. The van der Waals surface area contributed by atoms with Crippen LogP contribution in [0.2, 0.25) is 0 Å². The van der Waals surface area contributed by atoms with Crippen LogP contribution < -0.4 is 0 Å². The number of carboxylic acid groups (broad SMARTS) is 1. The molecule has 2 heterocycles. The minimum absolute atomic E-state index is 0.0373. The molecule has 0 atom stereocenters. The summed E-state index contributed by atoms with van der Waals surface area (Å²) < 4.78 is 3.56. The van der Waals surface area contributed by atoms with Crippen molar-refractivity contribution >= 4 is 5.97 Å². The highest BCUT2D eigenvalue weighted by Crippen LogP contribution is 2.11. The lowest BCUT2D eigenvalue weighted by atomic mass is 10.2. The lowest BCUT2D eigenvalue weighted by molar-refractivity contribution is 0.0690. The molecule has 1 N–H and O–H groups in total. The van der Waals surface area contributed by atoms with E-state index >= 15 is 0 Å². The van der Waals surface area contributed by atoms with E-state index in [-0.39, 0.29) is 5.69 Å². The molecule has 0 bridgehead atoms. The van der Waals surface area contributed by atoms with Crippen LogP contribution in [0.1, 0.15) is 36.1 Å². The molecule has 0 amide bonds. The zero-order valence-corrected chi connectivity index (χ0v) is 10.3. The quantitative estimate of drug-likeness (QED) is 0.854. The fourth-order valence-corrected chi connectivity index (χ4v) is 1.73. The van der Waals surface area contributed by atoms with E-state index in [1.54, 1.807) is 6.20 Å². The van der Waals surface area contributed by atoms with Gasteiger partial charge in [-0.2, -0.15) is 0 Å². The van der Waals surface area contributed by atoms with Crippen molar-refractivity contribution in [1.29, 1.82) is 0 Å². The van der Waals surface area contributed by atoms with Gasteiger partial charge in [-0.3, -0.25) is 0 Å². The van der Waals surface area contributed by atoms with Crippen molar-refractivity contribution in [2.45, 2.75) is 32.9 Å². The standard InChI is InChI=1S/C11H15N5O2/c1-8(2)10-12-3-4-15(10)5-6-16-7-9(11(17)18)13-14-16/h3-4,7-8H,5-6H2,1-2H3,(H,17,18). The summed E-state index contributed by atoms with van der Waals surface area (Å²) in [7, 11) is 0. The van der Waals surface area contributed by atoms with Crippen molar-refractivity contribution in [3.8, 4) is 0 Å². The van der Waals surface area contributed by atoms with Crippen molar-refractivity contribution in [3.63, 3.8) is 0 Å². The normalized spacial score (nSPS) is 11.1. The second-order valence-electron chi connectivity index (χ2n) is 4.31. The van der Waals surface area contributed by atoms with Crippen LogP contribution in [0.25, 0.3) is 0 Å². The molecule has 7 nitrogen and oxygen atoms in total. The molecule has 96 valence electrons. The summed E-state index contributed by atoms with van der Waals surface area (Å²) in [5.74, 6) is 0.297. The molecule has 0 saturated heterocycles. The lowest BCUT2D eigenvalue weighted by Crippen LogP contribution is -2.11. The predicted octanol–water partition coefficient (Wildman–Crippen LogP) is 0.996. The Hall–Kier alpha value is -2.18. The Balaban J connectivity index is 2.02. The zero-order chi connectivity index (χ0) is 13.1. The Bertz CT molecular complexity index is 543. The molecule has 2 aromatic heterocycles. The van der Waals surface area contributed by atoms with Crippen LogP contribution in [0, 0.1) is 0 Å². The Morgan fingerprint density at radius 2 is 2.22 bits per heavy atom. The summed E-state index contributed by atoms with van der Waals surface area (Å²) in [6.45, 7) is 5.42. The van der Waals surface area contributed by atoms with Crippen molar-refractivity contribution in [1.82, 2.24) is 24.5 Å². The van der Waals surface area contributed by atoms with Crippen LogP contribution in [-0.2, 0) is 13.1 Å². The van der Waals surface area contributed by atoms with Crippen molar-refractivity contribution in [2.75, 3.05) is 0 Å². The molecule has 0 fully saturated rings. The highest BCUT2D eigenvalue weighted by atomic mass is 16.4. The van der Waals surface area contributed by atoms with Crippen LogP contribution in [0.5, 0.6) is 0 Å².